The molecule has 10 nitrogen and oxygen atoms in total. The number of hydrogen-bond acceptors (Lipinski definition) is 10. The SMILES string of the molecule is COC(=O)C1O[C@@H](O[C@@H]2C(C)[C@@H](OC)OC(CO)[C@H]2O)C(OC(=O)C(C)(C)C)[C@@H](C)[C@@H]1C. The molecular formula is C22H38O10. The van der Waals surface area contributed by atoms with E-state index in [2.05, 4.69) is 0 Å². The number of aliphatic hydroxyl groups excluding tert-OH is 2. The van der Waals surface area contributed by atoms with Gasteiger partial charge < -0.3 is 38.6 Å². The van der Waals surface area contributed by atoms with Crippen LogP contribution in [0, 0.1) is 23.2 Å². The minimum absolute atomic E-state index is 0.316. The van der Waals surface area contributed by atoms with Crippen molar-refractivity contribution in [3.8, 4) is 0 Å². The van der Waals surface area contributed by atoms with Gasteiger partial charge in [-0.2, -0.15) is 0 Å². The first-order valence-corrected chi connectivity index (χ1v) is 10.9. The number of aliphatic hydroxyl groups is 2. The van der Waals surface area contributed by atoms with Gasteiger partial charge >= 0.3 is 11.9 Å². The zero-order valence-electron chi connectivity index (χ0n) is 20.1. The van der Waals surface area contributed by atoms with Gasteiger partial charge in [0.15, 0.2) is 24.8 Å². The van der Waals surface area contributed by atoms with Gasteiger partial charge in [0.2, 0.25) is 0 Å². The van der Waals surface area contributed by atoms with Gasteiger partial charge in [-0.3, -0.25) is 4.79 Å². The molecule has 0 saturated carbocycles. The molecule has 0 radical (unpaired) electrons. The Bertz CT molecular complexity index is 631. The first-order chi connectivity index (χ1) is 14.9. The van der Waals surface area contributed by atoms with Gasteiger partial charge in [0.25, 0.3) is 0 Å². The average Bonchev–Trinajstić information content (AvgIpc) is 2.74. The highest BCUT2D eigenvalue weighted by Crippen LogP contribution is 2.38. The summed E-state index contributed by atoms with van der Waals surface area (Å²) in [6.07, 6.45) is -6.70. The second-order valence-corrected chi connectivity index (χ2v) is 9.70. The van der Waals surface area contributed by atoms with Crippen LogP contribution in [0.4, 0.5) is 0 Å². The van der Waals surface area contributed by atoms with Crippen molar-refractivity contribution in [3.63, 3.8) is 0 Å². The molecule has 2 aliphatic heterocycles. The molecule has 0 amide bonds. The lowest BCUT2D eigenvalue weighted by molar-refractivity contribution is -0.337. The molecule has 10 atom stereocenters. The summed E-state index contributed by atoms with van der Waals surface area (Å²) in [5, 5.41) is 20.4. The van der Waals surface area contributed by atoms with E-state index in [0.29, 0.717) is 0 Å². The van der Waals surface area contributed by atoms with E-state index < -0.39 is 73.0 Å². The second-order valence-electron chi connectivity index (χ2n) is 9.70. The van der Waals surface area contributed by atoms with Crippen LogP contribution in [0.5, 0.6) is 0 Å². The highest BCUT2D eigenvalue weighted by Gasteiger charge is 2.52. The quantitative estimate of drug-likeness (QED) is 0.548. The molecule has 0 aromatic carbocycles. The van der Waals surface area contributed by atoms with Crippen LogP contribution in [0.3, 0.4) is 0 Å². The molecular weight excluding hydrogens is 424 g/mol. The van der Waals surface area contributed by atoms with Crippen molar-refractivity contribution in [2.75, 3.05) is 20.8 Å². The molecule has 4 unspecified atom stereocenters. The van der Waals surface area contributed by atoms with Crippen LogP contribution < -0.4 is 0 Å². The molecule has 0 aromatic heterocycles. The van der Waals surface area contributed by atoms with Crippen molar-refractivity contribution in [1.82, 2.24) is 0 Å². The zero-order chi connectivity index (χ0) is 24.4. The minimum atomic E-state index is -1.20. The van der Waals surface area contributed by atoms with Crippen LogP contribution in [0.1, 0.15) is 41.5 Å². The summed E-state index contributed by atoms with van der Waals surface area (Å²) in [6.45, 7) is 10.2. The normalized spacial score (nSPS) is 40.6. The molecule has 0 aromatic rings. The number of methoxy groups -OCH3 is 2. The predicted octanol–water partition coefficient (Wildman–Crippen LogP) is 0.860. The van der Waals surface area contributed by atoms with E-state index in [4.69, 9.17) is 28.4 Å². The topological polar surface area (TPSA) is 130 Å². The number of hydrogen-bond donors (Lipinski definition) is 2. The maximum Gasteiger partial charge on any atom is 0.335 e. The lowest BCUT2D eigenvalue weighted by Crippen LogP contribution is -2.61. The molecule has 32 heavy (non-hydrogen) atoms. The maximum atomic E-state index is 12.7. The largest absolute Gasteiger partial charge is 0.467 e. The molecule has 2 saturated heterocycles. The van der Waals surface area contributed by atoms with Gasteiger partial charge in [-0.25, -0.2) is 4.79 Å². The predicted molar refractivity (Wildman–Crippen MR) is 111 cm³/mol. The van der Waals surface area contributed by atoms with E-state index in [-0.39, 0.29) is 11.8 Å². The van der Waals surface area contributed by atoms with Gasteiger partial charge in [-0.1, -0.05) is 20.8 Å². The molecule has 0 aliphatic carbocycles. The van der Waals surface area contributed by atoms with Crippen LogP contribution in [0.2, 0.25) is 0 Å². The summed E-state index contributed by atoms with van der Waals surface area (Å²) in [7, 11) is 2.72. The first kappa shape index (κ1) is 26.9. The number of esters is 2. The Hall–Kier alpha value is -1.30. The van der Waals surface area contributed by atoms with Gasteiger partial charge in [0.05, 0.1) is 25.2 Å². The number of rotatable bonds is 6. The fourth-order valence-electron chi connectivity index (χ4n) is 3.96. The number of ether oxygens (including phenoxy) is 6. The maximum absolute atomic E-state index is 12.7. The van der Waals surface area contributed by atoms with E-state index in [1.54, 1.807) is 27.7 Å². The minimum Gasteiger partial charge on any atom is -0.467 e. The molecule has 10 heteroatoms. The second kappa shape index (κ2) is 10.8. The fraction of sp³-hybridized carbons (Fsp3) is 0.909. The molecule has 0 bridgehead atoms. The van der Waals surface area contributed by atoms with E-state index in [0.717, 1.165) is 0 Å². The third-order valence-electron chi connectivity index (χ3n) is 6.34. The van der Waals surface area contributed by atoms with Crippen molar-refractivity contribution in [2.45, 2.75) is 84.6 Å². The third kappa shape index (κ3) is 5.60. The van der Waals surface area contributed by atoms with Gasteiger partial charge in [-0.15, -0.1) is 0 Å². The Morgan fingerprint density at radius 3 is 2.06 bits per heavy atom. The zero-order valence-corrected chi connectivity index (χ0v) is 20.1. The lowest BCUT2D eigenvalue weighted by Gasteiger charge is -2.47. The van der Waals surface area contributed by atoms with Crippen LogP contribution in [-0.4, -0.2) is 86.1 Å². The summed E-state index contributed by atoms with van der Waals surface area (Å²) in [5.74, 6) is -2.11. The molecule has 2 heterocycles. The van der Waals surface area contributed by atoms with E-state index >= 15 is 0 Å². The van der Waals surface area contributed by atoms with E-state index in [1.807, 2.05) is 13.8 Å². The number of carbonyl (C=O) groups excluding carboxylic acids is 2. The van der Waals surface area contributed by atoms with Gasteiger partial charge in [0, 0.05) is 18.9 Å². The Kier molecular flexibility index (Phi) is 9.05. The monoisotopic (exact) mass is 462 g/mol. The Balaban J connectivity index is 2.36. The molecule has 186 valence electrons. The summed E-state index contributed by atoms with van der Waals surface area (Å²) in [4.78, 5) is 25.0. The Morgan fingerprint density at radius 1 is 0.938 bits per heavy atom. The van der Waals surface area contributed by atoms with Crippen molar-refractivity contribution < 1.29 is 48.2 Å². The van der Waals surface area contributed by atoms with Gasteiger partial charge in [-0.05, 0) is 26.7 Å². The Labute approximate surface area is 189 Å². The van der Waals surface area contributed by atoms with Crippen LogP contribution in [-0.2, 0) is 38.0 Å². The highest BCUT2D eigenvalue weighted by molar-refractivity contribution is 5.76. The first-order valence-electron chi connectivity index (χ1n) is 10.9. The van der Waals surface area contributed by atoms with Crippen LogP contribution in [0.25, 0.3) is 0 Å². The van der Waals surface area contributed by atoms with Crippen molar-refractivity contribution in [2.24, 2.45) is 23.2 Å². The van der Waals surface area contributed by atoms with E-state index in [1.165, 1.54) is 14.2 Å². The average molecular weight is 463 g/mol. The molecule has 2 fully saturated rings. The van der Waals surface area contributed by atoms with Crippen molar-refractivity contribution in [1.29, 1.82) is 0 Å². The summed E-state index contributed by atoms with van der Waals surface area (Å²) < 4.78 is 33.7. The number of carbonyl (C=O) groups is 2. The standard InChI is InChI=1S/C22H38O10/c1-10-11(2)17(32-21(26)22(4,5)6)20(31-16(10)18(25)27-7)30-15-12(3)19(28-8)29-13(9-23)14(15)24/h10-17,19-20,23-24H,9H2,1-8H3/t10-,11-,12?,13?,14+,15+,16?,17?,19-,20+/m0/s1. The summed E-state index contributed by atoms with van der Waals surface area (Å²) in [5.41, 5.74) is -0.763. The van der Waals surface area contributed by atoms with Crippen LogP contribution in [0.15, 0.2) is 0 Å². The molecule has 2 aliphatic rings. The van der Waals surface area contributed by atoms with Crippen LogP contribution >= 0.6 is 0 Å². The van der Waals surface area contributed by atoms with Crippen molar-refractivity contribution >= 4 is 11.9 Å². The smallest absolute Gasteiger partial charge is 0.335 e. The van der Waals surface area contributed by atoms with Gasteiger partial charge in [0.1, 0.15) is 12.2 Å². The fourth-order valence-corrected chi connectivity index (χ4v) is 3.96. The molecule has 2 rings (SSSR count). The molecule has 2 N–H and O–H groups in total. The highest BCUT2D eigenvalue weighted by atomic mass is 16.7. The Morgan fingerprint density at radius 2 is 1.56 bits per heavy atom. The van der Waals surface area contributed by atoms with Crippen molar-refractivity contribution in [3.05, 3.63) is 0 Å². The third-order valence-corrected chi connectivity index (χ3v) is 6.34. The molecule has 0 spiro atoms. The summed E-state index contributed by atoms with van der Waals surface area (Å²) in [6, 6.07) is 0. The van der Waals surface area contributed by atoms with E-state index in [9.17, 15) is 19.8 Å². The lowest BCUT2D eigenvalue weighted by atomic mass is 9.83. The summed E-state index contributed by atoms with van der Waals surface area (Å²) >= 11 is 0.